The number of halogens is 2. The maximum Gasteiger partial charge on any atom is 0.256 e. The molecular formula is C17H14F2N4O. The van der Waals surface area contributed by atoms with Gasteiger partial charge in [-0.05, 0) is 18.2 Å². The molecule has 5 nitrogen and oxygen atoms in total. The van der Waals surface area contributed by atoms with E-state index >= 15 is 4.39 Å². The van der Waals surface area contributed by atoms with Gasteiger partial charge in [-0.15, -0.1) is 0 Å². The van der Waals surface area contributed by atoms with E-state index in [1.54, 1.807) is 24.3 Å². The molecule has 3 aromatic rings. The SMILES string of the molecule is O=C(c1cccc2n[nH]nc12)N1CCC(F)(c2ccccc2F)C1. The van der Waals surface area contributed by atoms with Crippen molar-refractivity contribution in [3.8, 4) is 0 Å². The summed E-state index contributed by atoms with van der Waals surface area (Å²) in [6.45, 7) is 0.0406. The Labute approximate surface area is 136 Å². The van der Waals surface area contributed by atoms with E-state index in [9.17, 15) is 9.18 Å². The topological polar surface area (TPSA) is 61.9 Å². The number of rotatable bonds is 2. The molecule has 0 aliphatic carbocycles. The van der Waals surface area contributed by atoms with Crippen molar-refractivity contribution in [1.82, 2.24) is 20.3 Å². The molecule has 7 heteroatoms. The molecule has 1 N–H and O–H groups in total. The summed E-state index contributed by atoms with van der Waals surface area (Å²) in [7, 11) is 0. The number of hydrogen-bond donors (Lipinski definition) is 1. The van der Waals surface area contributed by atoms with Crippen LogP contribution in [0.25, 0.3) is 11.0 Å². The zero-order valence-electron chi connectivity index (χ0n) is 12.7. The lowest BCUT2D eigenvalue weighted by atomic mass is 9.94. The van der Waals surface area contributed by atoms with E-state index in [2.05, 4.69) is 15.4 Å². The van der Waals surface area contributed by atoms with E-state index in [-0.39, 0.29) is 31.0 Å². The van der Waals surface area contributed by atoms with E-state index in [0.717, 1.165) is 0 Å². The number of nitrogens with zero attached hydrogens (tertiary/aromatic N) is 3. The molecule has 1 fully saturated rings. The molecule has 0 radical (unpaired) electrons. The second-order valence-corrected chi connectivity index (χ2v) is 5.92. The molecule has 122 valence electrons. The lowest BCUT2D eigenvalue weighted by Gasteiger charge is -2.22. The van der Waals surface area contributed by atoms with Gasteiger partial charge in [0.25, 0.3) is 5.91 Å². The Morgan fingerprint density at radius 2 is 2.00 bits per heavy atom. The average molecular weight is 328 g/mol. The summed E-state index contributed by atoms with van der Waals surface area (Å²) in [6.07, 6.45) is 0.0640. The van der Waals surface area contributed by atoms with Crippen LogP contribution < -0.4 is 0 Å². The first-order valence-corrected chi connectivity index (χ1v) is 7.61. The molecule has 1 aromatic heterocycles. The Balaban J connectivity index is 1.64. The number of amides is 1. The second kappa shape index (κ2) is 5.36. The van der Waals surface area contributed by atoms with Crippen LogP contribution in [0.3, 0.4) is 0 Å². The molecule has 1 aliphatic heterocycles. The van der Waals surface area contributed by atoms with Crippen molar-refractivity contribution in [2.24, 2.45) is 0 Å². The van der Waals surface area contributed by atoms with Gasteiger partial charge in [-0.2, -0.15) is 15.4 Å². The summed E-state index contributed by atoms with van der Waals surface area (Å²) in [6, 6.07) is 10.9. The van der Waals surface area contributed by atoms with Gasteiger partial charge >= 0.3 is 0 Å². The molecule has 1 aliphatic rings. The maximum atomic E-state index is 15.2. The minimum Gasteiger partial charge on any atom is -0.335 e. The number of alkyl halides is 1. The molecule has 1 unspecified atom stereocenters. The molecule has 0 saturated carbocycles. The monoisotopic (exact) mass is 328 g/mol. The van der Waals surface area contributed by atoms with E-state index in [4.69, 9.17) is 0 Å². The quantitative estimate of drug-likeness (QED) is 0.787. The first-order chi connectivity index (χ1) is 11.6. The van der Waals surface area contributed by atoms with Crippen molar-refractivity contribution in [1.29, 1.82) is 0 Å². The van der Waals surface area contributed by atoms with Crippen LogP contribution in [0.4, 0.5) is 8.78 Å². The van der Waals surface area contributed by atoms with Gasteiger partial charge in [0.1, 0.15) is 16.9 Å². The Hall–Kier alpha value is -2.83. The van der Waals surface area contributed by atoms with E-state index in [1.165, 1.54) is 23.1 Å². The molecule has 4 rings (SSSR count). The van der Waals surface area contributed by atoms with E-state index in [0.29, 0.717) is 16.6 Å². The fraction of sp³-hybridized carbons (Fsp3) is 0.235. The zero-order valence-corrected chi connectivity index (χ0v) is 12.7. The van der Waals surface area contributed by atoms with E-state index < -0.39 is 11.5 Å². The molecule has 1 saturated heterocycles. The zero-order chi connectivity index (χ0) is 16.7. The predicted molar refractivity (Wildman–Crippen MR) is 83.6 cm³/mol. The average Bonchev–Trinajstić information content (AvgIpc) is 3.21. The Morgan fingerprint density at radius 1 is 1.17 bits per heavy atom. The third-order valence-electron chi connectivity index (χ3n) is 4.44. The summed E-state index contributed by atoms with van der Waals surface area (Å²) in [5, 5.41) is 10.4. The summed E-state index contributed by atoms with van der Waals surface area (Å²) < 4.78 is 29.2. The number of H-pyrrole nitrogens is 1. The Kier molecular flexibility index (Phi) is 3.30. The summed E-state index contributed by atoms with van der Waals surface area (Å²) >= 11 is 0. The van der Waals surface area contributed by atoms with Gasteiger partial charge < -0.3 is 4.90 Å². The third-order valence-corrected chi connectivity index (χ3v) is 4.44. The molecule has 0 spiro atoms. The van der Waals surface area contributed by atoms with Gasteiger partial charge in [-0.1, -0.05) is 24.3 Å². The van der Waals surface area contributed by atoms with Crippen LogP contribution in [-0.2, 0) is 5.67 Å². The number of hydrogen-bond acceptors (Lipinski definition) is 3. The highest BCUT2D eigenvalue weighted by Crippen LogP contribution is 2.38. The van der Waals surface area contributed by atoms with E-state index in [1.807, 2.05) is 0 Å². The summed E-state index contributed by atoms with van der Waals surface area (Å²) in [5.41, 5.74) is -0.497. The van der Waals surface area contributed by atoms with Crippen molar-refractivity contribution in [3.05, 3.63) is 59.4 Å². The van der Waals surface area contributed by atoms with Crippen molar-refractivity contribution >= 4 is 16.9 Å². The normalized spacial score (nSPS) is 20.7. The number of carbonyl (C=O) groups excluding carboxylic acids is 1. The van der Waals surface area contributed by atoms with Gasteiger partial charge in [0.2, 0.25) is 0 Å². The number of benzene rings is 2. The van der Waals surface area contributed by atoms with Crippen LogP contribution in [0.15, 0.2) is 42.5 Å². The van der Waals surface area contributed by atoms with Crippen LogP contribution in [-0.4, -0.2) is 39.3 Å². The summed E-state index contributed by atoms with van der Waals surface area (Å²) in [4.78, 5) is 14.1. The summed E-state index contributed by atoms with van der Waals surface area (Å²) in [5.74, 6) is -0.918. The molecular weight excluding hydrogens is 314 g/mol. The highest BCUT2D eigenvalue weighted by Gasteiger charge is 2.43. The minimum atomic E-state index is -1.88. The highest BCUT2D eigenvalue weighted by molar-refractivity contribution is 6.04. The molecule has 2 heterocycles. The van der Waals surface area contributed by atoms with Crippen LogP contribution in [0.5, 0.6) is 0 Å². The molecule has 2 aromatic carbocycles. The lowest BCUT2D eigenvalue weighted by molar-refractivity contribution is 0.0750. The van der Waals surface area contributed by atoms with Gasteiger partial charge in [-0.25, -0.2) is 8.78 Å². The smallest absolute Gasteiger partial charge is 0.256 e. The van der Waals surface area contributed by atoms with Gasteiger partial charge in [0, 0.05) is 18.5 Å². The number of fused-ring (bicyclic) bond motifs is 1. The van der Waals surface area contributed by atoms with Crippen molar-refractivity contribution in [2.45, 2.75) is 12.1 Å². The first kappa shape index (κ1) is 14.7. The molecule has 1 amide bonds. The Morgan fingerprint density at radius 3 is 2.83 bits per heavy atom. The second-order valence-electron chi connectivity index (χ2n) is 5.92. The van der Waals surface area contributed by atoms with Gasteiger partial charge in [0.05, 0.1) is 12.1 Å². The van der Waals surface area contributed by atoms with Gasteiger partial charge in [0.15, 0.2) is 5.67 Å². The Bertz CT molecular complexity index is 926. The number of para-hydroxylation sites is 1. The van der Waals surface area contributed by atoms with Crippen LogP contribution in [0.2, 0.25) is 0 Å². The number of aromatic nitrogens is 3. The molecule has 24 heavy (non-hydrogen) atoms. The first-order valence-electron chi connectivity index (χ1n) is 7.61. The molecule has 1 atom stereocenters. The number of carbonyl (C=O) groups is 1. The third kappa shape index (κ3) is 2.24. The van der Waals surface area contributed by atoms with Crippen molar-refractivity contribution < 1.29 is 13.6 Å². The van der Waals surface area contributed by atoms with Crippen LogP contribution in [0, 0.1) is 5.82 Å². The number of aromatic amines is 1. The van der Waals surface area contributed by atoms with Crippen LogP contribution >= 0.6 is 0 Å². The highest BCUT2D eigenvalue weighted by atomic mass is 19.1. The predicted octanol–water partition coefficient (Wildman–Crippen LogP) is 2.81. The molecule has 0 bridgehead atoms. The fourth-order valence-electron chi connectivity index (χ4n) is 3.20. The lowest BCUT2D eigenvalue weighted by Crippen LogP contribution is -2.32. The maximum absolute atomic E-state index is 15.2. The standard InChI is InChI=1S/C17H14F2N4O/c18-13-6-2-1-5-12(13)17(19)8-9-23(10-17)16(24)11-4-3-7-14-15(11)21-22-20-14/h1-7H,8-10H2,(H,20,21,22). The number of likely N-dealkylation sites (tertiary alicyclic amines) is 1. The number of nitrogens with one attached hydrogen (secondary N) is 1. The van der Waals surface area contributed by atoms with Gasteiger partial charge in [-0.3, -0.25) is 4.79 Å². The van der Waals surface area contributed by atoms with Crippen LogP contribution in [0.1, 0.15) is 22.3 Å². The fourth-order valence-corrected chi connectivity index (χ4v) is 3.20. The van der Waals surface area contributed by atoms with Crippen molar-refractivity contribution in [3.63, 3.8) is 0 Å². The minimum absolute atomic E-state index is 0.0000512. The largest absolute Gasteiger partial charge is 0.335 e. The van der Waals surface area contributed by atoms with Crippen molar-refractivity contribution in [2.75, 3.05) is 13.1 Å².